The molecule has 2 aromatic rings. The van der Waals surface area contributed by atoms with Gasteiger partial charge < -0.3 is 0 Å². The van der Waals surface area contributed by atoms with E-state index >= 15 is 0 Å². The van der Waals surface area contributed by atoms with Gasteiger partial charge in [-0.25, -0.2) is 8.42 Å². The number of nitro groups is 1. The van der Waals surface area contributed by atoms with Crippen LogP contribution >= 0.6 is 0 Å². The van der Waals surface area contributed by atoms with Gasteiger partial charge in [-0.15, -0.1) is 0 Å². The maximum atomic E-state index is 12.3. The molecular formula is C14H11N3O4S. The van der Waals surface area contributed by atoms with E-state index in [1.165, 1.54) is 36.4 Å². The minimum Gasteiger partial charge on any atom is -0.279 e. The predicted molar refractivity (Wildman–Crippen MR) is 79.8 cm³/mol. The van der Waals surface area contributed by atoms with Crippen LogP contribution in [0.15, 0.2) is 47.4 Å². The summed E-state index contributed by atoms with van der Waals surface area (Å²) in [5.74, 6) is 0. The van der Waals surface area contributed by atoms with Gasteiger partial charge in [0.15, 0.2) is 0 Å². The number of benzene rings is 2. The third kappa shape index (κ3) is 3.21. The first-order valence-corrected chi connectivity index (χ1v) is 7.60. The molecule has 0 saturated heterocycles. The Morgan fingerprint density at radius 2 is 1.82 bits per heavy atom. The van der Waals surface area contributed by atoms with Crippen LogP contribution in [-0.4, -0.2) is 13.3 Å². The van der Waals surface area contributed by atoms with E-state index in [0.29, 0.717) is 11.1 Å². The molecule has 0 aromatic heterocycles. The molecule has 2 rings (SSSR count). The molecule has 1 N–H and O–H groups in total. The Kier molecular flexibility index (Phi) is 4.10. The van der Waals surface area contributed by atoms with E-state index in [9.17, 15) is 18.5 Å². The lowest BCUT2D eigenvalue weighted by atomic mass is 10.2. The zero-order valence-corrected chi connectivity index (χ0v) is 12.3. The van der Waals surface area contributed by atoms with Crippen LogP contribution in [0.3, 0.4) is 0 Å². The Labute approximate surface area is 127 Å². The van der Waals surface area contributed by atoms with E-state index in [4.69, 9.17) is 5.26 Å². The molecule has 0 unspecified atom stereocenters. The average Bonchev–Trinajstić information content (AvgIpc) is 2.49. The molecule has 8 heteroatoms. The molecule has 112 valence electrons. The smallest absolute Gasteiger partial charge is 0.271 e. The number of nitrogens with one attached hydrogen (secondary N) is 1. The zero-order valence-electron chi connectivity index (χ0n) is 11.5. The van der Waals surface area contributed by atoms with Crippen LogP contribution in [0.2, 0.25) is 0 Å². The van der Waals surface area contributed by atoms with Crippen molar-refractivity contribution in [3.63, 3.8) is 0 Å². The first kappa shape index (κ1) is 15.5. The predicted octanol–water partition coefficient (Wildman–Crippen LogP) is 2.58. The lowest BCUT2D eigenvalue weighted by molar-refractivity contribution is -0.384. The molecule has 0 radical (unpaired) electrons. The second-order valence-electron chi connectivity index (χ2n) is 4.50. The maximum Gasteiger partial charge on any atom is 0.271 e. The maximum absolute atomic E-state index is 12.3. The van der Waals surface area contributed by atoms with Crippen LogP contribution in [0.25, 0.3) is 0 Å². The molecule has 0 spiro atoms. The molecular weight excluding hydrogens is 306 g/mol. The number of anilines is 1. The highest BCUT2D eigenvalue weighted by molar-refractivity contribution is 7.92. The molecule has 0 aliphatic heterocycles. The number of rotatable bonds is 4. The summed E-state index contributed by atoms with van der Waals surface area (Å²) in [4.78, 5) is 10.1. The Morgan fingerprint density at radius 1 is 1.18 bits per heavy atom. The van der Waals surface area contributed by atoms with Crippen molar-refractivity contribution in [3.05, 3.63) is 63.7 Å². The zero-order chi connectivity index (χ0) is 16.3. The number of aryl methyl sites for hydroxylation is 1. The first-order valence-electron chi connectivity index (χ1n) is 6.11. The molecule has 0 fully saturated rings. The summed E-state index contributed by atoms with van der Waals surface area (Å²) in [6.45, 7) is 1.64. The SMILES string of the molecule is Cc1ccc([N+](=O)[O-])cc1NS(=O)(=O)c1ccc(C#N)cc1. The standard InChI is InChI=1S/C14H11N3O4S/c1-10-2-5-12(17(18)19)8-14(10)16-22(20,21)13-6-3-11(9-15)4-7-13/h2-8,16H,1H3. The highest BCUT2D eigenvalue weighted by atomic mass is 32.2. The Balaban J connectivity index is 2.38. The molecule has 0 aliphatic carbocycles. The van der Waals surface area contributed by atoms with Gasteiger partial charge >= 0.3 is 0 Å². The Morgan fingerprint density at radius 3 is 2.36 bits per heavy atom. The molecule has 0 bridgehead atoms. The summed E-state index contributed by atoms with van der Waals surface area (Å²) in [6, 6.07) is 11.2. The van der Waals surface area contributed by atoms with E-state index in [0.717, 1.165) is 6.07 Å². The lowest BCUT2D eigenvalue weighted by Crippen LogP contribution is -2.14. The van der Waals surface area contributed by atoms with Crippen molar-refractivity contribution >= 4 is 21.4 Å². The number of nitriles is 1. The van der Waals surface area contributed by atoms with Gasteiger partial charge in [0.25, 0.3) is 15.7 Å². The van der Waals surface area contributed by atoms with Crippen LogP contribution in [-0.2, 0) is 10.0 Å². The number of hydrogen-bond donors (Lipinski definition) is 1. The van der Waals surface area contributed by atoms with E-state index in [1.54, 1.807) is 6.92 Å². The molecule has 0 aliphatic rings. The van der Waals surface area contributed by atoms with Crippen molar-refractivity contribution in [2.45, 2.75) is 11.8 Å². The van der Waals surface area contributed by atoms with Gasteiger partial charge in [0.05, 0.1) is 27.1 Å². The van der Waals surface area contributed by atoms with Crippen LogP contribution in [0.5, 0.6) is 0 Å². The molecule has 0 saturated carbocycles. The second kappa shape index (κ2) is 5.83. The third-order valence-electron chi connectivity index (χ3n) is 2.97. The fourth-order valence-corrected chi connectivity index (χ4v) is 2.87. The molecule has 2 aromatic carbocycles. The number of nitrogens with zero attached hydrogens (tertiary/aromatic N) is 2. The normalized spacial score (nSPS) is 10.7. The number of nitro benzene ring substituents is 1. The third-order valence-corrected chi connectivity index (χ3v) is 4.35. The van der Waals surface area contributed by atoms with Crippen LogP contribution in [0.1, 0.15) is 11.1 Å². The number of non-ortho nitro benzene ring substituents is 1. The molecule has 0 atom stereocenters. The quantitative estimate of drug-likeness (QED) is 0.687. The molecule has 22 heavy (non-hydrogen) atoms. The van der Waals surface area contributed by atoms with Gasteiger partial charge in [0, 0.05) is 12.1 Å². The second-order valence-corrected chi connectivity index (χ2v) is 6.18. The van der Waals surface area contributed by atoms with Crippen molar-refractivity contribution in [3.8, 4) is 6.07 Å². The van der Waals surface area contributed by atoms with Gasteiger partial charge in [-0.2, -0.15) is 5.26 Å². The van der Waals surface area contributed by atoms with Gasteiger partial charge in [-0.05, 0) is 36.8 Å². The fraction of sp³-hybridized carbons (Fsp3) is 0.0714. The summed E-state index contributed by atoms with van der Waals surface area (Å²) in [7, 11) is -3.89. The largest absolute Gasteiger partial charge is 0.279 e. The van der Waals surface area contributed by atoms with Crippen molar-refractivity contribution in [1.29, 1.82) is 5.26 Å². The van der Waals surface area contributed by atoms with E-state index in [2.05, 4.69) is 4.72 Å². The van der Waals surface area contributed by atoms with Crippen LogP contribution in [0.4, 0.5) is 11.4 Å². The summed E-state index contributed by atoms with van der Waals surface area (Å²) in [5, 5.41) is 19.5. The molecule has 0 amide bonds. The highest BCUT2D eigenvalue weighted by Crippen LogP contribution is 2.24. The van der Waals surface area contributed by atoms with Gasteiger partial charge in [0.1, 0.15) is 0 Å². The van der Waals surface area contributed by atoms with E-state index in [1.807, 2.05) is 6.07 Å². The lowest BCUT2D eigenvalue weighted by Gasteiger charge is -2.10. The molecule has 7 nitrogen and oxygen atoms in total. The first-order chi connectivity index (χ1) is 10.3. The fourth-order valence-electron chi connectivity index (χ4n) is 1.75. The van der Waals surface area contributed by atoms with Crippen molar-refractivity contribution in [1.82, 2.24) is 0 Å². The monoisotopic (exact) mass is 317 g/mol. The number of sulfonamides is 1. The van der Waals surface area contributed by atoms with Crippen LogP contribution < -0.4 is 4.72 Å². The van der Waals surface area contributed by atoms with Crippen molar-refractivity contribution < 1.29 is 13.3 Å². The van der Waals surface area contributed by atoms with E-state index in [-0.39, 0.29) is 16.3 Å². The highest BCUT2D eigenvalue weighted by Gasteiger charge is 2.17. The molecule has 0 heterocycles. The van der Waals surface area contributed by atoms with Crippen molar-refractivity contribution in [2.24, 2.45) is 0 Å². The van der Waals surface area contributed by atoms with Crippen LogP contribution in [0, 0.1) is 28.4 Å². The summed E-state index contributed by atoms with van der Waals surface area (Å²) in [6.07, 6.45) is 0. The number of hydrogen-bond acceptors (Lipinski definition) is 5. The van der Waals surface area contributed by atoms with Gasteiger partial charge in [-0.3, -0.25) is 14.8 Å². The van der Waals surface area contributed by atoms with Gasteiger partial charge in [0.2, 0.25) is 0 Å². The topological polar surface area (TPSA) is 113 Å². The van der Waals surface area contributed by atoms with Crippen molar-refractivity contribution in [2.75, 3.05) is 4.72 Å². The Bertz CT molecular complexity index is 868. The van der Waals surface area contributed by atoms with Gasteiger partial charge in [-0.1, -0.05) is 6.07 Å². The summed E-state index contributed by atoms with van der Waals surface area (Å²) >= 11 is 0. The van der Waals surface area contributed by atoms with E-state index < -0.39 is 14.9 Å². The summed E-state index contributed by atoms with van der Waals surface area (Å²) < 4.78 is 26.9. The Hall–Kier alpha value is -2.92. The minimum atomic E-state index is -3.89. The summed E-state index contributed by atoms with van der Waals surface area (Å²) in [5.41, 5.74) is 0.829. The average molecular weight is 317 g/mol. The minimum absolute atomic E-state index is 0.0302.